The molecule has 250 valence electrons. The fourth-order valence-corrected chi connectivity index (χ4v) is 10.2. The Morgan fingerprint density at radius 2 is 0.683 bits per heavy atom. The topological polar surface area (TPSA) is 13.1 Å². The molecule has 0 amide bonds. The molecule has 10 rings (SSSR count). The Labute approximate surface area is 388 Å². The Balaban J connectivity index is 1.49. The summed E-state index contributed by atoms with van der Waals surface area (Å²) < 4.78 is 6.39. The lowest BCUT2D eigenvalue weighted by atomic mass is 9.58. The second-order valence-electron chi connectivity index (χ2n) is 16.8. The van der Waals surface area contributed by atoms with Crippen LogP contribution in [0.15, 0.2) is 46.9 Å². The van der Waals surface area contributed by atoms with Crippen molar-refractivity contribution in [1.29, 1.82) is 0 Å². The lowest BCUT2D eigenvalue weighted by molar-refractivity contribution is 0.660. The first-order valence-corrected chi connectivity index (χ1v) is 19.6. The molecule has 63 heavy (non-hydrogen) atoms. The van der Waals surface area contributed by atoms with E-state index in [0.717, 1.165) is 27.8 Å². The minimum Gasteiger partial charge on any atom is -0.457 e. The third-order valence-electron chi connectivity index (χ3n) is 13.4. The van der Waals surface area contributed by atoms with Gasteiger partial charge >= 0.3 is 0 Å². The van der Waals surface area contributed by atoms with Crippen molar-refractivity contribution >= 4 is 281 Å². The molecule has 0 fully saturated rings. The van der Waals surface area contributed by atoms with Crippen LogP contribution in [0.5, 0.6) is 0 Å². The van der Waals surface area contributed by atoms with Gasteiger partial charge in [0.25, 0.3) is 0 Å². The smallest absolute Gasteiger partial charge is 0.128 e. The number of furan rings is 1. The highest BCUT2D eigenvalue weighted by molar-refractivity contribution is 6.74. The molecule has 0 saturated carbocycles. The van der Waals surface area contributed by atoms with E-state index in [1.165, 1.54) is 0 Å². The van der Waals surface area contributed by atoms with E-state index < -0.39 is 5.41 Å². The van der Waals surface area contributed by atoms with Crippen LogP contribution < -0.4 is 92.9 Å². The van der Waals surface area contributed by atoms with Gasteiger partial charge in [-0.05, 0) is 82.3 Å². The Bertz CT molecular complexity index is 3600. The number of rotatable bonds is 2. The Hall–Kier alpha value is -4.56. The molecular formula is C45H13B17O. The van der Waals surface area contributed by atoms with Crippen LogP contribution in [0.4, 0.5) is 0 Å². The lowest BCUT2D eigenvalue weighted by Crippen LogP contribution is -2.50. The molecule has 18 heteroatoms. The van der Waals surface area contributed by atoms with Crippen LogP contribution in [0.25, 0.3) is 87.6 Å². The van der Waals surface area contributed by atoms with Crippen LogP contribution in [0.3, 0.4) is 0 Å². The number of hydrogen-bond donors (Lipinski definition) is 0. The highest BCUT2D eigenvalue weighted by Crippen LogP contribution is 2.53. The van der Waals surface area contributed by atoms with E-state index in [0.29, 0.717) is 16.3 Å². The second-order valence-corrected chi connectivity index (χ2v) is 16.8. The standard InChI is InChI=1S/C45H13B17O/c1-45(2)12-8-4-3-6-10(12)14-11(7-5-9-13(14)45)15-17-19(30(50)38(58)36(56)28(17)48)16(20-18(15)29(49)37(57)39(59)31(20)51)21-26(46)25-24-27(47)22-23(33(53)41(61)40(60)32(22)52)35(55)43(24)63-44(25)42(62)34(21)54/h3-9H,1-2H3. The van der Waals surface area contributed by atoms with Gasteiger partial charge in [-0.1, -0.05) is 111 Å². The summed E-state index contributed by atoms with van der Waals surface area (Å²) in [5.41, 5.74) is 5.76. The molecule has 0 spiro atoms. The monoisotopic (exact) mass is 756 g/mol. The van der Waals surface area contributed by atoms with E-state index >= 15 is 0 Å². The first kappa shape index (κ1) is 42.4. The van der Waals surface area contributed by atoms with Gasteiger partial charge in [-0.25, -0.2) is 0 Å². The zero-order valence-corrected chi connectivity index (χ0v) is 34.3. The largest absolute Gasteiger partial charge is 0.457 e. The second kappa shape index (κ2) is 14.0. The summed E-state index contributed by atoms with van der Waals surface area (Å²) in [6.45, 7) is 4.33. The maximum atomic E-state index is 7.37. The van der Waals surface area contributed by atoms with Crippen molar-refractivity contribution in [2.24, 2.45) is 0 Å². The predicted octanol–water partition coefficient (Wildman–Crippen LogP) is -7.82. The predicted molar refractivity (Wildman–Crippen MR) is 286 cm³/mol. The van der Waals surface area contributed by atoms with Gasteiger partial charge in [-0.15, -0.1) is 32.8 Å². The molecule has 0 N–H and O–H groups in total. The van der Waals surface area contributed by atoms with Gasteiger partial charge in [0.15, 0.2) is 0 Å². The van der Waals surface area contributed by atoms with E-state index in [1.807, 2.05) is 24.3 Å². The molecule has 0 bridgehead atoms. The summed E-state index contributed by atoms with van der Waals surface area (Å²) in [5.74, 6) is 0. The van der Waals surface area contributed by atoms with Gasteiger partial charge in [-0.2, -0.15) is 0 Å². The minimum absolute atomic E-state index is 0.00391. The van der Waals surface area contributed by atoms with Crippen LogP contribution in [-0.4, -0.2) is 133 Å². The van der Waals surface area contributed by atoms with E-state index in [-0.39, 0.29) is 147 Å². The third-order valence-corrected chi connectivity index (χ3v) is 13.4. The van der Waals surface area contributed by atoms with Crippen molar-refractivity contribution in [3.63, 3.8) is 0 Å². The van der Waals surface area contributed by atoms with Crippen molar-refractivity contribution < 1.29 is 4.42 Å². The lowest BCUT2D eigenvalue weighted by Gasteiger charge is -2.31. The molecule has 1 aliphatic carbocycles. The highest BCUT2D eigenvalue weighted by atomic mass is 16.3. The van der Waals surface area contributed by atoms with Crippen molar-refractivity contribution in [2.75, 3.05) is 0 Å². The summed E-state index contributed by atoms with van der Waals surface area (Å²) >= 11 is 0. The normalized spacial score (nSPS) is 13.2. The van der Waals surface area contributed by atoms with Crippen LogP contribution in [0.2, 0.25) is 0 Å². The average molecular weight is 753 g/mol. The van der Waals surface area contributed by atoms with Crippen LogP contribution in [0, 0.1) is 0 Å². The van der Waals surface area contributed by atoms with E-state index in [1.54, 1.807) is 0 Å². The summed E-state index contributed by atoms with van der Waals surface area (Å²) in [4.78, 5) is 0. The van der Waals surface area contributed by atoms with E-state index in [9.17, 15) is 0 Å². The van der Waals surface area contributed by atoms with Gasteiger partial charge in [0.1, 0.15) is 145 Å². The number of hydrogen-bond acceptors (Lipinski definition) is 1. The molecule has 9 aromatic rings. The molecule has 1 aliphatic rings. The first-order chi connectivity index (χ1) is 29.7. The zero-order chi connectivity index (χ0) is 45.4. The molecule has 1 aromatic heterocycles. The van der Waals surface area contributed by atoms with Crippen LogP contribution in [-0.2, 0) is 5.41 Å². The Morgan fingerprint density at radius 3 is 1.21 bits per heavy atom. The molecule has 0 unspecified atom stereocenters. The molecule has 8 aromatic carbocycles. The van der Waals surface area contributed by atoms with Crippen molar-refractivity contribution in [2.45, 2.75) is 19.3 Å². The van der Waals surface area contributed by atoms with Crippen LogP contribution in [0.1, 0.15) is 25.0 Å². The Kier molecular flexibility index (Phi) is 9.40. The fraction of sp³-hybridized carbons (Fsp3) is 0.0667. The summed E-state index contributed by atoms with van der Waals surface area (Å²) in [6.07, 6.45) is 0. The minimum atomic E-state index is -0.399. The van der Waals surface area contributed by atoms with Gasteiger partial charge in [0.05, 0.1) is 0 Å². The number of benzene rings is 8. The molecule has 1 heterocycles. The third kappa shape index (κ3) is 5.19. The molecule has 0 atom stereocenters. The molecule has 0 saturated heterocycles. The van der Waals surface area contributed by atoms with Gasteiger partial charge in [0, 0.05) is 16.2 Å². The number of fused-ring (bicyclic) bond motifs is 9. The highest BCUT2D eigenvalue weighted by Gasteiger charge is 2.38. The van der Waals surface area contributed by atoms with Gasteiger partial charge in [0.2, 0.25) is 0 Å². The van der Waals surface area contributed by atoms with Crippen molar-refractivity contribution in [3.05, 3.63) is 53.6 Å². The Morgan fingerprint density at radius 1 is 0.286 bits per heavy atom. The molecule has 0 aliphatic heterocycles. The maximum Gasteiger partial charge on any atom is 0.128 e. The molecule has 1 nitrogen and oxygen atoms in total. The van der Waals surface area contributed by atoms with E-state index in [4.69, 9.17) is 138 Å². The summed E-state index contributed by atoms with van der Waals surface area (Å²) in [5, 5.41) is 2.14. The molecular weight excluding hydrogens is 740 g/mol. The molecule has 34 radical (unpaired) electrons. The fourth-order valence-electron chi connectivity index (χ4n) is 10.2. The zero-order valence-electron chi connectivity index (χ0n) is 34.3. The van der Waals surface area contributed by atoms with Crippen LogP contribution >= 0.6 is 0 Å². The van der Waals surface area contributed by atoms with E-state index in [2.05, 4.69) is 32.0 Å². The van der Waals surface area contributed by atoms with Gasteiger partial charge in [-0.3, -0.25) is 0 Å². The SMILES string of the molecule is [B]c1c(-c2c3c([B])c([B])c([B])c([B])c3c(-c3cccc4c3-c3ccccc3C4(C)C)c3c([B])c([B])c([B])c([B])c23)c([B])c2c(oc3c([B])c4c([B])c([B])c([B])c([B])c4c([B])c32)c1[B]. The summed E-state index contributed by atoms with van der Waals surface area (Å²) in [7, 11) is 116. The quantitative estimate of drug-likeness (QED) is 0.127. The first-order valence-electron chi connectivity index (χ1n) is 19.6. The van der Waals surface area contributed by atoms with Crippen molar-refractivity contribution in [3.8, 4) is 33.4 Å². The van der Waals surface area contributed by atoms with Gasteiger partial charge < -0.3 is 4.42 Å². The van der Waals surface area contributed by atoms with Crippen molar-refractivity contribution in [1.82, 2.24) is 0 Å². The maximum absolute atomic E-state index is 7.37. The summed E-state index contributed by atoms with van der Waals surface area (Å²) in [6, 6.07) is 14.2. The average Bonchev–Trinajstić information content (AvgIpc) is 3.79.